The maximum atomic E-state index is 14.0. The van der Waals surface area contributed by atoms with Crippen LogP contribution in [-0.2, 0) is 17.9 Å². The fraction of sp³-hybridized carbons (Fsp3) is 0.429. The Morgan fingerprint density at radius 3 is 2.77 bits per heavy atom. The molecule has 0 saturated carbocycles. The van der Waals surface area contributed by atoms with Crippen LogP contribution in [-0.4, -0.2) is 40.3 Å². The summed E-state index contributed by atoms with van der Waals surface area (Å²) in [7, 11) is 0. The van der Waals surface area contributed by atoms with Crippen molar-refractivity contribution in [2.24, 2.45) is 5.41 Å². The predicted molar refractivity (Wildman–Crippen MR) is 97.6 cm³/mol. The van der Waals surface area contributed by atoms with Gasteiger partial charge in [0.1, 0.15) is 5.82 Å². The van der Waals surface area contributed by atoms with Crippen LogP contribution in [0.5, 0.6) is 0 Å². The maximum absolute atomic E-state index is 14.0. The summed E-state index contributed by atoms with van der Waals surface area (Å²) < 4.78 is 14.0. The van der Waals surface area contributed by atoms with Gasteiger partial charge in [0, 0.05) is 44.1 Å². The van der Waals surface area contributed by atoms with E-state index in [9.17, 15) is 9.18 Å². The molecule has 2 saturated heterocycles. The molecule has 1 aromatic carbocycles. The third-order valence-corrected chi connectivity index (χ3v) is 5.71. The van der Waals surface area contributed by atoms with Gasteiger partial charge in [-0.3, -0.25) is 14.7 Å². The van der Waals surface area contributed by atoms with Gasteiger partial charge in [0.2, 0.25) is 5.91 Å². The van der Waals surface area contributed by atoms with E-state index < -0.39 is 0 Å². The van der Waals surface area contributed by atoms with Crippen molar-refractivity contribution in [3.63, 3.8) is 0 Å². The van der Waals surface area contributed by atoms with Gasteiger partial charge in [-0.2, -0.15) is 0 Å². The van der Waals surface area contributed by atoms with Gasteiger partial charge in [0.25, 0.3) is 0 Å². The van der Waals surface area contributed by atoms with Gasteiger partial charge >= 0.3 is 0 Å². The number of nitrogens with zero attached hydrogens (tertiary/aromatic N) is 3. The lowest BCUT2D eigenvalue weighted by Crippen LogP contribution is -2.49. The van der Waals surface area contributed by atoms with Crippen LogP contribution in [0.3, 0.4) is 0 Å². The zero-order valence-electron chi connectivity index (χ0n) is 14.9. The van der Waals surface area contributed by atoms with E-state index in [1.807, 2.05) is 23.2 Å². The summed E-state index contributed by atoms with van der Waals surface area (Å²) in [6.07, 6.45) is 6.47. The zero-order chi connectivity index (χ0) is 18.0. The van der Waals surface area contributed by atoms with Crippen LogP contribution in [0.25, 0.3) is 0 Å². The Labute approximate surface area is 153 Å². The van der Waals surface area contributed by atoms with E-state index in [2.05, 4.69) is 16.0 Å². The lowest BCUT2D eigenvalue weighted by atomic mass is 9.78. The number of rotatable bonds is 4. The number of halogens is 1. The van der Waals surface area contributed by atoms with Gasteiger partial charge in [0.15, 0.2) is 0 Å². The average molecular weight is 353 g/mol. The van der Waals surface area contributed by atoms with Crippen LogP contribution < -0.4 is 0 Å². The second-order valence-corrected chi connectivity index (χ2v) is 7.52. The molecule has 5 heteroatoms. The summed E-state index contributed by atoms with van der Waals surface area (Å²) in [5.74, 6) is -0.0368. The van der Waals surface area contributed by atoms with Crippen molar-refractivity contribution in [3.8, 4) is 0 Å². The highest BCUT2D eigenvalue weighted by Crippen LogP contribution is 2.41. The molecule has 0 N–H and O–H groups in total. The molecule has 0 radical (unpaired) electrons. The number of hydrogen-bond acceptors (Lipinski definition) is 3. The second-order valence-electron chi connectivity index (χ2n) is 7.52. The molecular formula is C21H24FN3O. The quantitative estimate of drug-likeness (QED) is 0.847. The molecule has 0 bridgehead atoms. The normalized spacial score (nSPS) is 23.7. The second kappa shape index (κ2) is 7.16. The van der Waals surface area contributed by atoms with E-state index >= 15 is 0 Å². The minimum Gasteiger partial charge on any atom is -0.338 e. The minimum atomic E-state index is -0.300. The Morgan fingerprint density at radius 1 is 1.08 bits per heavy atom. The van der Waals surface area contributed by atoms with E-state index in [4.69, 9.17) is 0 Å². The highest BCUT2D eigenvalue weighted by atomic mass is 19.1. The van der Waals surface area contributed by atoms with Crippen molar-refractivity contribution < 1.29 is 9.18 Å². The number of carbonyl (C=O) groups is 1. The molecule has 1 amide bonds. The standard InChI is InChI=1S/C21H24FN3O/c22-19-7-2-1-6-18(19)15-25-11-4-8-21(20(25)26)9-12-24(16-21)14-17-5-3-10-23-13-17/h1-3,5-7,10,13H,4,8-9,11-12,14-16H2/t21-/m0/s1. The molecule has 2 aromatic rings. The van der Waals surface area contributed by atoms with Gasteiger partial charge < -0.3 is 4.90 Å². The van der Waals surface area contributed by atoms with Crippen LogP contribution in [0.2, 0.25) is 0 Å². The number of pyridine rings is 1. The average Bonchev–Trinajstić information content (AvgIpc) is 3.05. The third-order valence-electron chi connectivity index (χ3n) is 5.71. The molecule has 1 aromatic heterocycles. The van der Waals surface area contributed by atoms with Crippen molar-refractivity contribution in [2.45, 2.75) is 32.4 Å². The number of carbonyl (C=O) groups excluding carboxylic acids is 1. The molecule has 1 spiro atoms. The Balaban J connectivity index is 1.45. The molecule has 2 fully saturated rings. The molecule has 1 atom stereocenters. The number of amides is 1. The highest BCUT2D eigenvalue weighted by Gasteiger charge is 2.48. The smallest absolute Gasteiger partial charge is 0.230 e. The van der Waals surface area contributed by atoms with Gasteiger partial charge in [-0.1, -0.05) is 24.3 Å². The van der Waals surface area contributed by atoms with Crippen molar-refractivity contribution in [1.29, 1.82) is 0 Å². The van der Waals surface area contributed by atoms with Crippen molar-refractivity contribution in [3.05, 3.63) is 65.7 Å². The third kappa shape index (κ3) is 3.36. The number of piperidine rings is 1. The summed E-state index contributed by atoms with van der Waals surface area (Å²) in [5.41, 5.74) is 1.48. The van der Waals surface area contributed by atoms with Gasteiger partial charge in [-0.15, -0.1) is 0 Å². The summed E-state index contributed by atoms with van der Waals surface area (Å²) >= 11 is 0. The summed E-state index contributed by atoms with van der Waals surface area (Å²) in [4.78, 5) is 21.6. The summed E-state index contributed by atoms with van der Waals surface area (Å²) in [5, 5.41) is 0. The van der Waals surface area contributed by atoms with Crippen LogP contribution in [0, 0.1) is 11.2 Å². The fourth-order valence-electron chi connectivity index (χ4n) is 4.36. The van der Waals surface area contributed by atoms with Gasteiger partial charge in [-0.05, 0) is 43.5 Å². The molecule has 2 aliphatic rings. The Bertz CT molecular complexity index is 782. The Hall–Kier alpha value is -2.27. The van der Waals surface area contributed by atoms with E-state index in [1.54, 1.807) is 18.3 Å². The highest BCUT2D eigenvalue weighted by molar-refractivity contribution is 5.84. The van der Waals surface area contributed by atoms with Gasteiger partial charge in [0.05, 0.1) is 5.41 Å². The topological polar surface area (TPSA) is 36.4 Å². The van der Waals surface area contributed by atoms with E-state index in [-0.39, 0.29) is 17.1 Å². The Kier molecular flexibility index (Phi) is 4.72. The lowest BCUT2D eigenvalue weighted by molar-refractivity contribution is -0.146. The molecular weight excluding hydrogens is 329 g/mol. The van der Waals surface area contributed by atoms with Crippen LogP contribution in [0.15, 0.2) is 48.8 Å². The first-order valence-corrected chi connectivity index (χ1v) is 9.30. The van der Waals surface area contributed by atoms with Crippen LogP contribution in [0.1, 0.15) is 30.4 Å². The number of hydrogen-bond donors (Lipinski definition) is 0. The van der Waals surface area contributed by atoms with E-state index in [1.165, 1.54) is 11.6 Å². The molecule has 3 heterocycles. The monoisotopic (exact) mass is 353 g/mol. The minimum absolute atomic E-state index is 0.195. The number of benzene rings is 1. The Morgan fingerprint density at radius 2 is 1.96 bits per heavy atom. The molecule has 0 aliphatic carbocycles. The van der Waals surface area contributed by atoms with Crippen LogP contribution in [0.4, 0.5) is 4.39 Å². The lowest BCUT2D eigenvalue weighted by Gasteiger charge is -2.39. The molecule has 136 valence electrons. The predicted octanol–water partition coefficient (Wildman–Crippen LogP) is 3.24. The first kappa shape index (κ1) is 17.2. The maximum Gasteiger partial charge on any atom is 0.230 e. The van der Waals surface area contributed by atoms with Gasteiger partial charge in [-0.25, -0.2) is 4.39 Å². The molecule has 4 nitrogen and oxygen atoms in total. The molecule has 4 rings (SSSR count). The fourth-order valence-corrected chi connectivity index (χ4v) is 4.36. The van der Waals surface area contributed by atoms with Crippen molar-refractivity contribution >= 4 is 5.91 Å². The molecule has 26 heavy (non-hydrogen) atoms. The van der Waals surface area contributed by atoms with Crippen molar-refractivity contribution in [1.82, 2.24) is 14.8 Å². The van der Waals surface area contributed by atoms with Crippen LogP contribution >= 0.6 is 0 Å². The van der Waals surface area contributed by atoms with E-state index in [0.29, 0.717) is 12.1 Å². The summed E-state index contributed by atoms with van der Waals surface area (Å²) in [6, 6.07) is 10.8. The molecule has 0 unspecified atom stereocenters. The van der Waals surface area contributed by atoms with E-state index in [0.717, 1.165) is 45.4 Å². The number of likely N-dealkylation sites (tertiary alicyclic amines) is 2. The van der Waals surface area contributed by atoms with Crippen molar-refractivity contribution in [2.75, 3.05) is 19.6 Å². The molecule has 2 aliphatic heterocycles. The number of aromatic nitrogens is 1. The SMILES string of the molecule is O=C1N(Cc2ccccc2F)CCC[C@@]12CCN(Cc1cccnc1)C2. The first-order chi connectivity index (χ1) is 12.7. The summed E-state index contributed by atoms with van der Waals surface area (Å²) in [6.45, 7) is 3.63. The largest absolute Gasteiger partial charge is 0.338 e. The first-order valence-electron chi connectivity index (χ1n) is 9.30. The zero-order valence-corrected chi connectivity index (χ0v) is 14.9.